The number of hydrogen-bond acceptors (Lipinski definition) is 10. The average Bonchev–Trinajstić information content (AvgIpc) is 3.35. The Labute approximate surface area is 387 Å². The van der Waals surface area contributed by atoms with E-state index in [-0.39, 0.29) is 29.9 Å². The topological polar surface area (TPSA) is 179 Å². The van der Waals surface area contributed by atoms with E-state index < -0.39 is 11.9 Å². The lowest BCUT2D eigenvalue weighted by Crippen LogP contribution is -2.52. The highest BCUT2D eigenvalue weighted by molar-refractivity contribution is 6.25. The number of para-hydroxylation sites is 1. The van der Waals surface area contributed by atoms with E-state index in [9.17, 15) is 19.2 Å². The lowest BCUT2D eigenvalue weighted by atomic mass is 9.79. The van der Waals surface area contributed by atoms with E-state index >= 15 is 0 Å². The first-order chi connectivity index (χ1) is 32.1. The number of nitrogens with zero attached hydrogens (tertiary/aromatic N) is 5. The van der Waals surface area contributed by atoms with Crippen molar-refractivity contribution in [3.63, 3.8) is 0 Å². The molecular weight excluding hydrogens is 831 g/mol. The molecule has 4 heterocycles. The summed E-state index contributed by atoms with van der Waals surface area (Å²) in [7, 11) is 0. The summed E-state index contributed by atoms with van der Waals surface area (Å²) >= 11 is 0. The second-order valence-corrected chi connectivity index (χ2v) is 18.4. The molecule has 0 radical (unpaired) electrons. The van der Waals surface area contributed by atoms with E-state index in [1.807, 2.05) is 59.5 Å². The number of likely N-dealkylation sites (tertiary alicyclic amines) is 1. The van der Waals surface area contributed by atoms with E-state index in [0.717, 1.165) is 83.4 Å². The largest absolute Gasteiger partial charge is 0.457 e. The van der Waals surface area contributed by atoms with Gasteiger partial charge in [0.1, 0.15) is 22.9 Å². The van der Waals surface area contributed by atoms with Crippen molar-refractivity contribution < 1.29 is 23.9 Å². The number of primary amides is 1. The van der Waals surface area contributed by atoms with Crippen LogP contribution in [0.4, 0.5) is 10.5 Å². The zero-order valence-electron chi connectivity index (χ0n) is 37.6. The molecule has 4 aromatic carbocycles. The number of piperidine rings is 1. The number of ether oxygens (including phenoxy) is 1. The molecule has 4 aromatic rings. The van der Waals surface area contributed by atoms with Gasteiger partial charge in [-0.25, -0.2) is 4.79 Å². The Morgan fingerprint density at radius 3 is 2.12 bits per heavy atom. The number of imide groups is 1. The van der Waals surface area contributed by atoms with Gasteiger partial charge in [0.15, 0.2) is 0 Å². The molecule has 66 heavy (non-hydrogen) atoms. The number of anilines is 1. The van der Waals surface area contributed by atoms with Gasteiger partial charge in [-0.3, -0.25) is 39.4 Å². The highest BCUT2D eigenvalue weighted by atomic mass is 16.5. The number of carbonyl (C=O) groups is 4. The highest BCUT2D eigenvalue weighted by Crippen LogP contribution is 2.34. The molecule has 14 heteroatoms. The van der Waals surface area contributed by atoms with Crippen LogP contribution in [-0.4, -0.2) is 109 Å². The fraction of sp³-hybridized carbons (Fsp3) is 0.404. The van der Waals surface area contributed by atoms with Crippen LogP contribution >= 0.6 is 0 Å². The number of piperazine rings is 1. The molecule has 5 amide bonds. The van der Waals surface area contributed by atoms with Gasteiger partial charge in [-0.1, -0.05) is 48.5 Å². The summed E-state index contributed by atoms with van der Waals surface area (Å²) in [4.78, 5) is 63.7. The van der Waals surface area contributed by atoms with Gasteiger partial charge in [-0.15, -0.1) is 0 Å². The van der Waals surface area contributed by atoms with Crippen LogP contribution in [0.1, 0.15) is 84.3 Å². The molecule has 0 spiro atoms. The number of aliphatic imine (C=N–C) groups is 1. The number of nitrogens with two attached hydrogens (primary N) is 2. The molecule has 0 bridgehead atoms. The first-order valence-electron chi connectivity index (χ1n) is 23.7. The van der Waals surface area contributed by atoms with Crippen molar-refractivity contribution >= 4 is 41.0 Å². The maximum Gasteiger partial charge on any atom is 0.328 e. The minimum atomic E-state index is -0.596. The Balaban J connectivity index is 0.703. The quantitative estimate of drug-likeness (QED) is 0.120. The predicted octanol–water partition coefficient (Wildman–Crippen LogP) is 6.24. The molecule has 14 nitrogen and oxygen atoms in total. The minimum Gasteiger partial charge on any atom is -0.457 e. The van der Waals surface area contributed by atoms with Crippen LogP contribution in [0.3, 0.4) is 0 Å². The maximum absolute atomic E-state index is 13.5. The Bertz CT molecular complexity index is 2430. The number of hydrogen-bond donors (Lipinski definition) is 4. The van der Waals surface area contributed by atoms with Crippen molar-refractivity contribution in [3.05, 3.63) is 131 Å². The van der Waals surface area contributed by atoms with Crippen molar-refractivity contribution in [3.8, 4) is 11.5 Å². The number of amides is 5. The molecule has 344 valence electrons. The third-order valence-electron chi connectivity index (χ3n) is 14.3. The molecule has 0 unspecified atom stereocenters. The van der Waals surface area contributed by atoms with Crippen LogP contribution in [-0.2, 0) is 16.1 Å². The molecule has 1 atom stereocenters. The third kappa shape index (κ3) is 10.5. The second kappa shape index (κ2) is 20.3. The van der Waals surface area contributed by atoms with Gasteiger partial charge in [0, 0.05) is 88.7 Å². The standard InChI is InChI=1S/C52H61N9O5/c53-48(39-15-19-44(20-16-39)66-43-7-2-1-3-8-43)47(49(54)63)50-55-25-21-45(56-50)38-13-17-41(18-14-38)59-31-29-58(30-32-59)34-35-9-11-36(12-10-35)37-22-26-60(27-23-37)51(64)40-5-4-6-42(33-40)61-28-24-46(62)57-52(61)65/h1-12,15-16,19-20,33,37-38,41,45H,13-14,17-18,21-32,34,53H2,(H2,54,63)(H,55,56)(H,57,62,65)/b48-47-/t38?,41?,45-/m0/s1. The van der Waals surface area contributed by atoms with Crippen LogP contribution in [0.5, 0.6) is 11.5 Å². The number of benzene rings is 4. The monoisotopic (exact) mass is 891 g/mol. The van der Waals surface area contributed by atoms with Crippen LogP contribution in [0.2, 0.25) is 0 Å². The number of carbonyl (C=O) groups excluding carboxylic acids is 4. The molecule has 1 saturated carbocycles. The smallest absolute Gasteiger partial charge is 0.328 e. The summed E-state index contributed by atoms with van der Waals surface area (Å²) in [5.74, 6) is 1.90. The van der Waals surface area contributed by atoms with Gasteiger partial charge in [0.25, 0.3) is 11.8 Å². The molecule has 4 aliphatic heterocycles. The normalized spacial score (nSPS) is 22.7. The SMILES string of the molecule is NC(=O)/C(C1=NCC[C@@H](C2CCC(N3CCN(Cc4ccc(C5CCN(C(=O)c6cccc(N7CCC(=O)NC7=O)c6)CC5)cc4)CC3)CC2)N1)=C(/N)c1ccc(Oc2ccccc2)cc1. The van der Waals surface area contributed by atoms with Gasteiger partial charge in [-0.2, -0.15) is 0 Å². The van der Waals surface area contributed by atoms with Gasteiger partial charge in [0.05, 0.1) is 5.70 Å². The molecular formula is C52H61N9O5. The van der Waals surface area contributed by atoms with Gasteiger partial charge < -0.3 is 26.4 Å². The first-order valence-corrected chi connectivity index (χ1v) is 23.7. The molecule has 4 fully saturated rings. The fourth-order valence-corrected chi connectivity index (χ4v) is 10.5. The Morgan fingerprint density at radius 2 is 1.42 bits per heavy atom. The summed E-state index contributed by atoms with van der Waals surface area (Å²) in [5, 5.41) is 5.95. The highest BCUT2D eigenvalue weighted by Gasteiger charge is 2.35. The van der Waals surface area contributed by atoms with Gasteiger partial charge in [-0.05, 0) is 128 Å². The van der Waals surface area contributed by atoms with Gasteiger partial charge >= 0.3 is 6.03 Å². The molecule has 1 aliphatic carbocycles. The van der Waals surface area contributed by atoms with Crippen LogP contribution < -0.4 is 31.7 Å². The Hall–Kier alpha value is -6.51. The van der Waals surface area contributed by atoms with E-state index in [1.54, 1.807) is 24.3 Å². The Morgan fingerprint density at radius 1 is 0.712 bits per heavy atom. The van der Waals surface area contributed by atoms with Crippen LogP contribution in [0.25, 0.3) is 5.70 Å². The number of amidine groups is 1. The van der Waals surface area contributed by atoms with E-state index in [2.05, 4.69) is 44.7 Å². The lowest BCUT2D eigenvalue weighted by Gasteiger charge is -2.43. The van der Waals surface area contributed by atoms with Crippen LogP contribution in [0.15, 0.2) is 114 Å². The molecule has 5 aliphatic rings. The zero-order chi connectivity index (χ0) is 45.6. The molecule has 6 N–H and O–H groups in total. The van der Waals surface area contributed by atoms with E-state index in [4.69, 9.17) is 21.2 Å². The summed E-state index contributed by atoms with van der Waals surface area (Å²) < 4.78 is 5.93. The maximum atomic E-state index is 13.5. The summed E-state index contributed by atoms with van der Waals surface area (Å²) in [6.45, 7) is 7.50. The number of rotatable bonds is 12. The number of urea groups is 1. The zero-order valence-corrected chi connectivity index (χ0v) is 37.6. The first kappa shape index (κ1) is 44.7. The van der Waals surface area contributed by atoms with Crippen molar-refractivity contribution in [2.75, 3.05) is 57.3 Å². The van der Waals surface area contributed by atoms with Crippen molar-refractivity contribution in [1.82, 2.24) is 25.3 Å². The van der Waals surface area contributed by atoms with Crippen molar-refractivity contribution in [2.45, 2.75) is 75.9 Å². The fourth-order valence-electron chi connectivity index (χ4n) is 10.5. The predicted molar refractivity (Wildman–Crippen MR) is 256 cm³/mol. The number of nitrogens with one attached hydrogen (secondary N) is 2. The molecule has 3 saturated heterocycles. The van der Waals surface area contributed by atoms with Crippen LogP contribution in [0, 0.1) is 5.92 Å². The van der Waals surface area contributed by atoms with Crippen molar-refractivity contribution in [1.29, 1.82) is 0 Å². The van der Waals surface area contributed by atoms with E-state index in [0.29, 0.717) is 78.2 Å². The second-order valence-electron chi connectivity index (χ2n) is 18.4. The third-order valence-corrected chi connectivity index (χ3v) is 14.3. The average molecular weight is 892 g/mol. The summed E-state index contributed by atoms with van der Waals surface area (Å²) in [5.41, 5.74) is 17.6. The van der Waals surface area contributed by atoms with E-state index in [1.165, 1.54) is 16.0 Å². The molecule has 0 aromatic heterocycles. The minimum absolute atomic E-state index is 0.0282. The summed E-state index contributed by atoms with van der Waals surface area (Å²) in [6, 6.07) is 33.5. The Kier molecular flexibility index (Phi) is 13.8. The lowest BCUT2D eigenvalue weighted by molar-refractivity contribution is -0.120. The summed E-state index contributed by atoms with van der Waals surface area (Å²) in [6.07, 6.45) is 7.56. The van der Waals surface area contributed by atoms with Crippen molar-refractivity contribution in [2.24, 2.45) is 22.4 Å². The molecule has 9 rings (SSSR count). The van der Waals surface area contributed by atoms with Gasteiger partial charge in [0.2, 0.25) is 5.91 Å².